The molecule has 150 valence electrons. The number of thioether (sulfide) groups is 1. The van der Waals surface area contributed by atoms with Gasteiger partial charge in [0.2, 0.25) is 11.8 Å². The van der Waals surface area contributed by atoms with E-state index in [2.05, 4.69) is 35.7 Å². The molecule has 0 saturated heterocycles. The Morgan fingerprint density at radius 3 is 2.97 bits per heavy atom. The third kappa shape index (κ3) is 4.03. The van der Waals surface area contributed by atoms with E-state index in [1.165, 1.54) is 11.8 Å². The Kier molecular flexibility index (Phi) is 4.89. The highest BCUT2D eigenvalue weighted by atomic mass is 32.2. The highest BCUT2D eigenvalue weighted by molar-refractivity contribution is 7.99. The second-order valence-electron chi connectivity index (χ2n) is 6.67. The first-order valence-corrected chi connectivity index (χ1v) is 10.3. The molecule has 3 aromatic heterocycles. The van der Waals surface area contributed by atoms with E-state index in [9.17, 15) is 4.79 Å². The summed E-state index contributed by atoms with van der Waals surface area (Å²) in [5.41, 5.74) is 3.51. The van der Waals surface area contributed by atoms with Crippen LogP contribution >= 0.6 is 11.8 Å². The van der Waals surface area contributed by atoms with Crippen LogP contribution < -0.4 is 5.32 Å². The summed E-state index contributed by atoms with van der Waals surface area (Å²) in [5.74, 6) is 1.41. The maximum atomic E-state index is 12.2. The minimum absolute atomic E-state index is 0.152. The third-order valence-electron chi connectivity index (χ3n) is 4.51. The van der Waals surface area contributed by atoms with Crippen molar-refractivity contribution in [3.63, 3.8) is 0 Å². The average molecular weight is 419 g/mol. The van der Waals surface area contributed by atoms with Crippen LogP contribution in [0, 0.1) is 0 Å². The van der Waals surface area contributed by atoms with Gasteiger partial charge in [-0.15, -0.1) is 10.2 Å². The Bertz CT molecular complexity index is 1290. The molecule has 10 heteroatoms. The summed E-state index contributed by atoms with van der Waals surface area (Å²) in [4.78, 5) is 20.0. The van der Waals surface area contributed by atoms with Crippen LogP contribution in [0.25, 0.3) is 21.9 Å². The predicted octanol–water partition coefficient (Wildman–Crippen LogP) is 3.34. The molecular formula is C20H17N7O2S. The van der Waals surface area contributed by atoms with Crippen molar-refractivity contribution in [1.29, 1.82) is 0 Å². The van der Waals surface area contributed by atoms with Crippen LogP contribution in [0.4, 0.5) is 5.69 Å². The molecule has 5 rings (SSSR count). The van der Waals surface area contributed by atoms with Crippen LogP contribution in [0.1, 0.15) is 11.7 Å². The van der Waals surface area contributed by atoms with Gasteiger partial charge in [0.05, 0.1) is 28.5 Å². The lowest BCUT2D eigenvalue weighted by molar-refractivity contribution is -0.113. The maximum absolute atomic E-state index is 12.2. The molecule has 5 aromatic rings. The Morgan fingerprint density at radius 1 is 1.10 bits per heavy atom. The van der Waals surface area contributed by atoms with Crippen LogP contribution in [-0.2, 0) is 17.6 Å². The Hall–Kier alpha value is -3.66. The molecule has 0 fully saturated rings. The first kappa shape index (κ1) is 18.4. The van der Waals surface area contributed by atoms with Crippen molar-refractivity contribution in [3.8, 4) is 0 Å². The first-order valence-electron chi connectivity index (χ1n) is 9.35. The number of hydrogen-bond acceptors (Lipinski definition) is 7. The molecule has 2 aromatic carbocycles. The molecule has 3 heterocycles. The summed E-state index contributed by atoms with van der Waals surface area (Å²) < 4.78 is 5.63. The number of rotatable bonds is 7. The van der Waals surface area contributed by atoms with Gasteiger partial charge in [-0.1, -0.05) is 23.9 Å². The number of nitrogens with zero attached hydrogens (tertiary/aromatic N) is 4. The normalized spacial score (nSPS) is 11.3. The number of fused-ring (bicyclic) bond motifs is 2. The minimum Gasteiger partial charge on any atom is -0.416 e. The van der Waals surface area contributed by atoms with Crippen LogP contribution in [0.3, 0.4) is 0 Å². The molecule has 0 bridgehead atoms. The highest BCUT2D eigenvalue weighted by Crippen LogP contribution is 2.20. The van der Waals surface area contributed by atoms with Gasteiger partial charge in [-0.25, -0.2) is 4.98 Å². The first-order chi connectivity index (χ1) is 14.7. The molecule has 0 aliphatic rings. The van der Waals surface area contributed by atoms with Gasteiger partial charge in [0, 0.05) is 23.9 Å². The van der Waals surface area contributed by atoms with Crippen LogP contribution in [0.5, 0.6) is 0 Å². The summed E-state index contributed by atoms with van der Waals surface area (Å²) >= 11 is 1.20. The summed E-state index contributed by atoms with van der Waals surface area (Å²) in [6, 6.07) is 13.5. The van der Waals surface area contributed by atoms with Gasteiger partial charge >= 0.3 is 0 Å². The van der Waals surface area contributed by atoms with Gasteiger partial charge in [0.15, 0.2) is 0 Å². The number of amides is 1. The van der Waals surface area contributed by atoms with E-state index in [0.717, 1.165) is 27.8 Å². The molecule has 0 saturated carbocycles. The van der Waals surface area contributed by atoms with Gasteiger partial charge in [-0.3, -0.25) is 9.89 Å². The zero-order chi connectivity index (χ0) is 20.3. The Morgan fingerprint density at radius 2 is 2.03 bits per heavy atom. The zero-order valence-electron chi connectivity index (χ0n) is 15.8. The lowest BCUT2D eigenvalue weighted by Crippen LogP contribution is -2.13. The highest BCUT2D eigenvalue weighted by Gasteiger charge is 2.11. The predicted molar refractivity (Wildman–Crippen MR) is 113 cm³/mol. The second-order valence-corrected chi connectivity index (χ2v) is 7.60. The molecular weight excluding hydrogens is 402 g/mol. The van der Waals surface area contributed by atoms with Crippen molar-refractivity contribution in [2.75, 3.05) is 11.1 Å². The molecule has 0 aliphatic heterocycles. The number of benzene rings is 2. The molecule has 0 atom stereocenters. The van der Waals surface area contributed by atoms with E-state index >= 15 is 0 Å². The third-order valence-corrected chi connectivity index (χ3v) is 5.33. The molecule has 1 amide bonds. The molecule has 0 aliphatic carbocycles. The standard InChI is InChI=1S/C20H17N7O2S/c28-18(22-13-6-5-12-10-21-25-16(12)9-13)11-30-20-27-26-19(29-20)8-7-17-23-14-3-1-2-4-15(14)24-17/h1-6,9-10H,7-8,11H2,(H,21,25)(H,22,28)(H,23,24). The number of anilines is 1. The molecule has 9 nitrogen and oxygen atoms in total. The van der Waals surface area contributed by atoms with Gasteiger partial charge < -0.3 is 14.7 Å². The summed E-state index contributed by atoms with van der Waals surface area (Å²) in [6.07, 6.45) is 2.97. The van der Waals surface area contributed by atoms with E-state index in [0.29, 0.717) is 29.6 Å². The maximum Gasteiger partial charge on any atom is 0.277 e. The number of imidazole rings is 1. The van der Waals surface area contributed by atoms with E-state index in [1.807, 2.05) is 42.5 Å². The average Bonchev–Trinajstić information content (AvgIpc) is 3.49. The topological polar surface area (TPSA) is 125 Å². The number of para-hydroxylation sites is 2. The molecule has 0 spiro atoms. The second kappa shape index (κ2) is 7.99. The number of nitrogens with one attached hydrogen (secondary N) is 3. The van der Waals surface area contributed by atoms with Crippen LogP contribution in [0.2, 0.25) is 0 Å². The van der Waals surface area contributed by atoms with E-state index in [1.54, 1.807) is 6.20 Å². The molecule has 0 radical (unpaired) electrons. The Labute approximate surface area is 174 Å². The number of aromatic nitrogens is 6. The van der Waals surface area contributed by atoms with E-state index < -0.39 is 0 Å². The fraction of sp³-hybridized carbons (Fsp3) is 0.150. The molecule has 3 N–H and O–H groups in total. The van der Waals surface area contributed by atoms with E-state index in [-0.39, 0.29) is 11.7 Å². The van der Waals surface area contributed by atoms with Crippen LogP contribution in [-0.4, -0.2) is 42.0 Å². The van der Waals surface area contributed by atoms with Crippen LogP contribution in [0.15, 0.2) is 58.3 Å². The fourth-order valence-corrected chi connectivity index (χ4v) is 3.67. The number of carbonyl (C=O) groups is 1. The van der Waals surface area contributed by atoms with Gasteiger partial charge in [-0.2, -0.15) is 5.10 Å². The quantitative estimate of drug-likeness (QED) is 0.345. The number of hydrogen-bond donors (Lipinski definition) is 3. The lowest BCUT2D eigenvalue weighted by atomic mass is 10.2. The zero-order valence-corrected chi connectivity index (χ0v) is 16.6. The van der Waals surface area contributed by atoms with Crippen molar-refractivity contribution >= 4 is 45.3 Å². The Balaban J connectivity index is 1.13. The van der Waals surface area contributed by atoms with Crippen molar-refractivity contribution in [2.24, 2.45) is 0 Å². The van der Waals surface area contributed by atoms with Gasteiger partial charge in [0.25, 0.3) is 5.22 Å². The summed E-state index contributed by atoms with van der Waals surface area (Å²) in [6.45, 7) is 0. The SMILES string of the molecule is O=C(CSc1nnc(CCc2nc3ccccc3[nH]2)o1)Nc1ccc2cn[nH]c2c1. The summed E-state index contributed by atoms with van der Waals surface area (Å²) in [7, 11) is 0. The van der Waals surface area contributed by atoms with E-state index in [4.69, 9.17) is 4.42 Å². The van der Waals surface area contributed by atoms with Crippen molar-refractivity contribution < 1.29 is 9.21 Å². The minimum atomic E-state index is -0.152. The molecule has 30 heavy (non-hydrogen) atoms. The number of aryl methyl sites for hydroxylation is 2. The number of carbonyl (C=O) groups excluding carboxylic acids is 1. The van der Waals surface area contributed by atoms with Crippen molar-refractivity contribution in [3.05, 3.63) is 60.4 Å². The number of H-pyrrole nitrogens is 2. The monoisotopic (exact) mass is 419 g/mol. The fourth-order valence-electron chi connectivity index (χ4n) is 3.09. The smallest absolute Gasteiger partial charge is 0.277 e. The molecule has 0 unspecified atom stereocenters. The largest absolute Gasteiger partial charge is 0.416 e. The van der Waals surface area contributed by atoms with Gasteiger partial charge in [0.1, 0.15) is 5.82 Å². The van der Waals surface area contributed by atoms with Crippen molar-refractivity contribution in [2.45, 2.75) is 18.1 Å². The van der Waals surface area contributed by atoms with Crippen molar-refractivity contribution in [1.82, 2.24) is 30.4 Å². The number of aromatic amines is 2. The summed E-state index contributed by atoms with van der Waals surface area (Å²) in [5, 5.41) is 19.1. The lowest BCUT2D eigenvalue weighted by Gasteiger charge is -2.03. The van der Waals surface area contributed by atoms with Gasteiger partial charge in [-0.05, 0) is 30.3 Å².